The van der Waals surface area contributed by atoms with Gasteiger partial charge in [-0.05, 0) is 23.3 Å². The largest absolute Gasteiger partial charge is 0.361 e. The molecule has 2 atom stereocenters. The Hall–Kier alpha value is -3.52. The molecule has 0 N–H and O–H groups in total. The standard InChI is InChI=1S/C24H25N5O3/c1-27-11-9-21(26-27)22(30)29-16-20(19-8-5-10-25-14-19)24(17-29)23(31)28(12-13-32-24)15-18-6-3-2-4-7-18/h2-11,14,20H,12-13,15-17H2,1H3/t20-,24+/m1/s1. The number of rotatable bonds is 4. The minimum atomic E-state index is -1.14. The first kappa shape index (κ1) is 20.4. The van der Waals surface area contributed by atoms with Crippen LogP contribution in [0.2, 0.25) is 0 Å². The lowest BCUT2D eigenvalue weighted by Crippen LogP contribution is -2.60. The number of carbonyl (C=O) groups excluding carboxylic acids is 2. The van der Waals surface area contributed by atoms with Crippen molar-refractivity contribution >= 4 is 11.8 Å². The minimum absolute atomic E-state index is 0.0854. The average Bonchev–Trinajstić information content (AvgIpc) is 3.42. The van der Waals surface area contributed by atoms with Gasteiger partial charge >= 0.3 is 0 Å². The number of likely N-dealkylation sites (tertiary alicyclic amines) is 1. The van der Waals surface area contributed by atoms with Crippen molar-refractivity contribution in [2.75, 3.05) is 26.2 Å². The minimum Gasteiger partial charge on any atom is -0.361 e. The molecule has 4 heterocycles. The van der Waals surface area contributed by atoms with Crippen LogP contribution >= 0.6 is 0 Å². The summed E-state index contributed by atoms with van der Waals surface area (Å²) in [6.07, 6.45) is 5.20. The molecule has 0 aliphatic carbocycles. The maximum absolute atomic E-state index is 13.9. The first-order valence-electron chi connectivity index (χ1n) is 10.7. The zero-order valence-corrected chi connectivity index (χ0v) is 17.9. The van der Waals surface area contributed by atoms with Crippen LogP contribution in [0.25, 0.3) is 0 Å². The van der Waals surface area contributed by atoms with E-state index >= 15 is 0 Å². The quantitative estimate of drug-likeness (QED) is 0.630. The Balaban J connectivity index is 1.48. The van der Waals surface area contributed by atoms with E-state index in [2.05, 4.69) is 10.1 Å². The molecule has 2 aliphatic rings. The summed E-state index contributed by atoms with van der Waals surface area (Å²) in [4.78, 5) is 34.8. The highest BCUT2D eigenvalue weighted by molar-refractivity contribution is 5.95. The van der Waals surface area contributed by atoms with Crippen molar-refractivity contribution in [2.45, 2.75) is 18.1 Å². The molecule has 2 aliphatic heterocycles. The number of morpholine rings is 1. The molecule has 1 spiro atoms. The third kappa shape index (κ3) is 3.56. The third-order valence-electron chi connectivity index (χ3n) is 6.28. The van der Waals surface area contributed by atoms with E-state index in [1.54, 1.807) is 41.3 Å². The van der Waals surface area contributed by atoms with Crippen LogP contribution < -0.4 is 0 Å². The van der Waals surface area contributed by atoms with Crippen LogP contribution in [0.1, 0.15) is 27.5 Å². The summed E-state index contributed by atoms with van der Waals surface area (Å²) in [5, 5.41) is 4.25. The van der Waals surface area contributed by atoms with Crippen molar-refractivity contribution in [3.05, 3.63) is 83.9 Å². The fraction of sp³-hybridized carbons (Fsp3) is 0.333. The Morgan fingerprint density at radius 1 is 1.19 bits per heavy atom. The SMILES string of the molecule is Cn1ccc(C(=O)N2C[C@H](c3cccnc3)[C@]3(C2)OCCN(Cc2ccccc2)C3=O)n1. The summed E-state index contributed by atoms with van der Waals surface area (Å²) < 4.78 is 7.86. The van der Waals surface area contributed by atoms with Gasteiger partial charge < -0.3 is 14.5 Å². The van der Waals surface area contributed by atoms with Crippen LogP contribution in [-0.2, 0) is 23.1 Å². The molecule has 5 rings (SSSR count). The number of aryl methyl sites for hydroxylation is 1. The Labute approximate surface area is 186 Å². The molecular weight excluding hydrogens is 406 g/mol. The van der Waals surface area contributed by atoms with Gasteiger partial charge in [-0.25, -0.2) is 0 Å². The van der Waals surface area contributed by atoms with E-state index in [-0.39, 0.29) is 24.3 Å². The number of aromatic nitrogens is 3. The van der Waals surface area contributed by atoms with E-state index in [9.17, 15) is 9.59 Å². The highest BCUT2D eigenvalue weighted by atomic mass is 16.5. The van der Waals surface area contributed by atoms with Crippen LogP contribution in [0.4, 0.5) is 0 Å². The zero-order chi connectivity index (χ0) is 22.1. The molecule has 0 saturated carbocycles. The molecule has 32 heavy (non-hydrogen) atoms. The molecule has 0 unspecified atom stereocenters. The van der Waals surface area contributed by atoms with Crippen molar-refractivity contribution in [2.24, 2.45) is 7.05 Å². The Kier molecular flexibility index (Phi) is 5.22. The maximum atomic E-state index is 13.9. The summed E-state index contributed by atoms with van der Waals surface area (Å²) >= 11 is 0. The van der Waals surface area contributed by atoms with E-state index in [1.807, 2.05) is 47.4 Å². The lowest BCUT2D eigenvalue weighted by Gasteiger charge is -2.42. The third-order valence-corrected chi connectivity index (χ3v) is 6.28. The van der Waals surface area contributed by atoms with E-state index in [1.165, 1.54) is 0 Å². The predicted octanol–water partition coefficient (Wildman–Crippen LogP) is 1.85. The molecule has 2 fully saturated rings. The highest BCUT2D eigenvalue weighted by Crippen LogP contribution is 2.42. The number of hydrogen-bond acceptors (Lipinski definition) is 5. The van der Waals surface area contributed by atoms with Gasteiger partial charge in [-0.1, -0.05) is 36.4 Å². The number of amides is 2. The molecule has 164 valence electrons. The number of carbonyl (C=O) groups is 2. The highest BCUT2D eigenvalue weighted by Gasteiger charge is 2.58. The van der Waals surface area contributed by atoms with E-state index in [4.69, 9.17) is 4.74 Å². The van der Waals surface area contributed by atoms with Crippen LogP contribution in [0.5, 0.6) is 0 Å². The van der Waals surface area contributed by atoms with Crippen molar-refractivity contribution in [1.82, 2.24) is 24.6 Å². The first-order chi connectivity index (χ1) is 15.6. The monoisotopic (exact) mass is 431 g/mol. The van der Waals surface area contributed by atoms with E-state index in [0.717, 1.165) is 11.1 Å². The van der Waals surface area contributed by atoms with Gasteiger partial charge in [0.05, 0.1) is 13.2 Å². The summed E-state index contributed by atoms with van der Waals surface area (Å²) in [6.45, 7) is 2.00. The second kappa shape index (κ2) is 8.20. The number of pyridine rings is 1. The van der Waals surface area contributed by atoms with E-state index < -0.39 is 5.60 Å². The summed E-state index contributed by atoms with van der Waals surface area (Å²) in [5.74, 6) is -0.597. The lowest BCUT2D eigenvalue weighted by atomic mass is 9.83. The first-order valence-corrected chi connectivity index (χ1v) is 10.7. The molecule has 0 bridgehead atoms. The Morgan fingerprint density at radius 3 is 2.75 bits per heavy atom. The second-order valence-corrected chi connectivity index (χ2v) is 8.35. The van der Waals surface area contributed by atoms with Crippen LogP contribution in [0.15, 0.2) is 67.1 Å². The number of ether oxygens (including phenoxy) is 1. The fourth-order valence-corrected chi connectivity index (χ4v) is 4.72. The number of nitrogens with zero attached hydrogens (tertiary/aromatic N) is 5. The lowest BCUT2D eigenvalue weighted by molar-refractivity contribution is -0.172. The van der Waals surface area contributed by atoms with Crippen LogP contribution in [0, 0.1) is 0 Å². The maximum Gasteiger partial charge on any atom is 0.274 e. The molecule has 0 radical (unpaired) electrons. The Bertz CT molecular complexity index is 1120. The van der Waals surface area contributed by atoms with Gasteiger partial charge in [0.25, 0.3) is 11.8 Å². The molecule has 8 heteroatoms. The van der Waals surface area contributed by atoms with Crippen molar-refractivity contribution in [3.63, 3.8) is 0 Å². The fourth-order valence-electron chi connectivity index (χ4n) is 4.72. The molecule has 8 nitrogen and oxygen atoms in total. The smallest absolute Gasteiger partial charge is 0.274 e. The molecule has 2 saturated heterocycles. The summed E-state index contributed by atoms with van der Waals surface area (Å²) in [6, 6.07) is 15.4. The van der Waals surface area contributed by atoms with Gasteiger partial charge in [0.1, 0.15) is 5.69 Å². The normalized spacial score (nSPS) is 23.2. The van der Waals surface area contributed by atoms with Crippen LogP contribution in [-0.4, -0.2) is 68.2 Å². The average molecular weight is 431 g/mol. The van der Waals surface area contributed by atoms with Gasteiger partial charge in [0.15, 0.2) is 5.60 Å². The zero-order valence-electron chi connectivity index (χ0n) is 17.9. The summed E-state index contributed by atoms with van der Waals surface area (Å²) in [5.41, 5.74) is 1.17. The topological polar surface area (TPSA) is 80.6 Å². The van der Waals surface area contributed by atoms with Gasteiger partial charge in [-0.15, -0.1) is 0 Å². The van der Waals surface area contributed by atoms with Crippen molar-refractivity contribution < 1.29 is 14.3 Å². The summed E-state index contributed by atoms with van der Waals surface area (Å²) in [7, 11) is 1.77. The second-order valence-electron chi connectivity index (χ2n) is 8.35. The Morgan fingerprint density at radius 2 is 2.03 bits per heavy atom. The van der Waals surface area contributed by atoms with E-state index in [0.29, 0.717) is 31.9 Å². The van der Waals surface area contributed by atoms with Gasteiger partial charge in [-0.2, -0.15) is 5.10 Å². The van der Waals surface area contributed by atoms with Crippen molar-refractivity contribution in [3.8, 4) is 0 Å². The molecule has 2 amide bonds. The van der Waals surface area contributed by atoms with Gasteiger partial charge in [0.2, 0.25) is 0 Å². The molecule has 1 aromatic carbocycles. The predicted molar refractivity (Wildman–Crippen MR) is 117 cm³/mol. The molecular formula is C24H25N5O3. The van der Waals surface area contributed by atoms with Crippen molar-refractivity contribution in [1.29, 1.82) is 0 Å². The number of hydrogen-bond donors (Lipinski definition) is 0. The van der Waals surface area contributed by atoms with Gasteiger partial charge in [0, 0.05) is 51.2 Å². The van der Waals surface area contributed by atoms with Gasteiger partial charge in [-0.3, -0.25) is 19.3 Å². The van der Waals surface area contributed by atoms with Crippen LogP contribution in [0.3, 0.4) is 0 Å². The molecule has 3 aromatic rings. The number of benzene rings is 1. The molecule has 2 aromatic heterocycles.